The third-order valence-electron chi connectivity index (χ3n) is 3.62. The Hall–Kier alpha value is -1.08. The molecule has 16 heavy (non-hydrogen) atoms. The molecule has 0 aliphatic carbocycles. The van der Waals surface area contributed by atoms with Crippen LogP contribution in [0.4, 0.5) is 0 Å². The van der Waals surface area contributed by atoms with Gasteiger partial charge in [0.25, 0.3) is 0 Å². The molecule has 0 radical (unpaired) electrons. The van der Waals surface area contributed by atoms with Gasteiger partial charge in [0.1, 0.15) is 0 Å². The summed E-state index contributed by atoms with van der Waals surface area (Å²) in [6, 6.07) is 2.10. The molecule has 2 atom stereocenters. The lowest BCUT2D eigenvalue weighted by Gasteiger charge is -2.34. The van der Waals surface area contributed by atoms with E-state index in [0.717, 1.165) is 25.8 Å². The number of carbonyl (C=O) groups is 1. The van der Waals surface area contributed by atoms with E-state index in [0.29, 0.717) is 6.42 Å². The second-order valence-corrected chi connectivity index (χ2v) is 4.59. The summed E-state index contributed by atoms with van der Waals surface area (Å²) in [4.78, 5) is 14.1. The minimum atomic E-state index is -0.377. The maximum absolute atomic E-state index is 12.4. The number of likely N-dealkylation sites (N-methyl/N-ethyl adjacent to an activating group) is 1. The van der Waals surface area contributed by atoms with Crippen molar-refractivity contribution in [2.45, 2.75) is 51.1 Å². The Morgan fingerprint density at radius 2 is 2.38 bits per heavy atom. The lowest BCUT2D eigenvalue weighted by atomic mass is 9.92. The summed E-state index contributed by atoms with van der Waals surface area (Å²) >= 11 is 0. The van der Waals surface area contributed by atoms with Crippen molar-refractivity contribution in [1.29, 1.82) is 5.26 Å². The van der Waals surface area contributed by atoms with Crippen LogP contribution >= 0.6 is 0 Å². The minimum absolute atomic E-state index is 0.0108. The van der Waals surface area contributed by atoms with Crippen molar-refractivity contribution < 1.29 is 4.79 Å². The highest BCUT2D eigenvalue weighted by molar-refractivity contribution is 5.86. The van der Waals surface area contributed by atoms with Crippen LogP contribution in [0.2, 0.25) is 0 Å². The van der Waals surface area contributed by atoms with E-state index in [1.165, 1.54) is 0 Å². The zero-order chi connectivity index (χ0) is 12.2. The molecule has 1 aliphatic heterocycles. The Balaban J connectivity index is 2.72. The van der Waals surface area contributed by atoms with E-state index in [9.17, 15) is 4.79 Å². The third-order valence-corrected chi connectivity index (χ3v) is 3.62. The van der Waals surface area contributed by atoms with Crippen molar-refractivity contribution in [2.75, 3.05) is 13.6 Å². The smallest absolute Gasteiger partial charge is 0.242 e. The van der Waals surface area contributed by atoms with Crippen molar-refractivity contribution in [3.05, 3.63) is 0 Å². The van der Waals surface area contributed by atoms with Gasteiger partial charge in [-0.3, -0.25) is 4.79 Å². The number of hydrogen-bond donors (Lipinski definition) is 1. The van der Waals surface area contributed by atoms with Gasteiger partial charge >= 0.3 is 0 Å². The van der Waals surface area contributed by atoms with E-state index in [2.05, 4.69) is 11.4 Å². The molecule has 1 fully saturated rings. The summed E-state index contributed by atoms with van der Waals surface area (Å²) in [6.45, 7) is 4.87. The molecule has 4 heteroatoms. The van der Waals surface area contributed by atoms with Crippen molar-refractivity contribution in [3.8, 4) is 6.07 Å². The third kappa shape index (κ3) is 2.35. The molecule has 0 aromatic heterocycles. The second kappa shape index (κ2) is 5.31. The fourth-order valence-corrected chi connectivity index (χ4v) is 2.25. The number of amides is 1. The molecule has 0 aromatic carbocycles. The SMILES string of the molecule is CCC1(C(=O)N(C)C(C)CC#N)CCCN1. The minimum Gasteiger partial charge on any atom is -0.340 e. The largest absolute Gasteiger partial charge is 0.340 e. The Labute approximate surface area is 97.6 Å². The zero-order valence-electron chi connectivity index (χ0n) is 10.4. The van der Waals surface area contributed by atoms with E-state index >= 15 is 0 Å². The summed E-state index contributed by atoms with van der Waals surface area (Å²) in [5.74, 6) is 0.134. The number of carbonyl (C=O) groups excluding carboxylic acids is 1. The number of nitrogens with one attached hydrogen (secondary N) is 1. The van der Waals surface area contributed by atoms with Crippen molar-refractivity contribution in [3.63, 3.8) is 0 Å². The van der Waals surface area contributed by atoms with Gasteiger partial charge in [0, 0.05) is 13.1 Å². The predicted octanol–water partition coefficient (Wildman–Crippen LogP) is 1.28. The van der Waals surface area contributed by atoms with Crippen LogP contribution in [0.25, 0.3) is 0 Å². The van der Waals surface area contributed by atoms with Gasteiger partial charge in [-0.2, -0.15) is 5.26 Å². The predicted molar refractivity (Wildman–Crippen MR) is 62.7 cm³/mol. The molecule has 90 valence electrons. The molecule has 1 heterocycles. The summed E-state index contributed by atoms with van der Waals surface area (Å²) < 4.78 is 0. The molecule has 1 amide bonds. The van der Waals surface area contributed by atoms with Crippen molar-refractivity contribution >= 4 is 5.91 Å². The lowest BCUT2D eigenvalue weighted by Crippen LogP contribution is -2.55. The molecule has 1 saturated heterocycles. The molecule has 1 aliphatic rings. The first-order chi connectivity index (χ1) is 7.57. The topological polar surface area (TPSA) is 56.1 Å². The van der Waals surface area contributed by atoms with E-state index in [-0.39, 0.29) is 17.5 Å². The van der Waals surface area contributed by atoms with E-state index in [4.69, 9.17) is 5.26 Å². The van der Waals surface area contributed by atoms with E-state index < -0.39 is 0 Å². The van der Waals surface area contributed by atoms with Crippen LogP contribution in [0.1, 0.15) is 39.5 Å². The second-order valence-electron chi connectivity index (χ2n) is 4.59. The summed E-state index contributed by atoms with van der Waals surface area (Å²) in [5, 5.41) is 12.0. The van der Waals surface area contributed by atoms with Gasteiger partial charge in [-0.25, -0.2) is 0 Å². The molecular weight excluding hydrogens is 202 g/mol. The van der Waals surface area contributed by atoms with Gasteiger partial charge in [0.05, 0.1) is 18.0 Å². The van der Waals surface area contributed by atoms with Gasteiger partial charge in [-0.05, 0) is 32.7 Å². The highest BCUT2D eigenvalue weighted by Crippen LogP contribution is 2.25. The molecule has 1 rings (SSSR count). The lowest BCUT2D eigenvalue weighted by molar-refractivity contribution is -0.138. The highest BCUT2D eigenvalue weighted by atomic mass is 16.2. The fourth-order valence-electron chi connectivity index (χ4n) is 2.25. The molecule has 0 bridgehead atoms. The van der Waals surface area contributed by atoms with Crippen LogP contribution in [0, 0.1) is 11.3 Å². The Bertz CT molecular complexity index is 289. The Kier molecular flexibility index (Phi) is 4.31. The van der Waals surface area contributed by atoms with Crippen molar-refractivity contribution in [1.82, 2.24) is 10.2 Å². The first kappa shape index (κ1) is 13.0. The van der Waals surface area contributed by atoms with E-state index in [1.807, 2.05) is 13.8 Å². The molecule has 1 N–H and O–H groups in total. The Morgan fingerprint density at radius 3 is 2.81 bits per heavy atom. The molecular formula is C12H21N3O. The highest BCUT2D eigenvalue weighted by Gasteiger charge is 2.41. The first-order valence-corrected chi connectivity index (χ1v) is 5.96. The van der Waals surface area contributed by atoms with Crippen LogP contribution in [-0.4, -0.2) is 36.0 Å². The molecule has 2 unspecified atom stereocenters. The number of hydrogen-bond acceptors (Lipinski definition) is 3. The van der Waals surface area contributed by atoms with Gasteiger partial charge in [0.2, 0.25) is 5.91 Å². The van der Waals surface area contributed by atoms with E-state index in [1.54, 1.807) is 11.9 Å². The Morgan fingerprint density at radius 1 is 1.69 bits per heavy atom. The maximum Gasteiger partial charge on any atom is 0.242 e. The number of nitrogens with zero attached hydrogens (tertiary/aromatic N) is 2. The molecule has 0 spiro atoms. The van der Waals surface area contributed by atoms with Crippen LogP contribution in [0.3, 0.4) is 0 Å². The van der Waals surface area contributed by atoms with Gasteiger partial charge in [0.15, 0.2) is 0 Å². The van der Waals surface area contributed by atoms with Crippen LogP contribution < -0.4 is 5.32 Å². The zero-order valence-corrected chi connectivity index (χ0v) is 10.4. The summed E-state index contributed by atoms with van der Waals surface area (Å²) in [5.41, 5.74) is -0.377. The average molecular weight is 223 g/mol. The quantitative estimate of drug-likeness (QED) is 0.781. The standard InChI is InChI=1S/C12H21N3O/c1-4-12(7-5-9-14-12)11(16)15(3)10(2)6-8-13/h10,14H,4-7,9H2,1-3H3. The maximum atomic E-state index is 12.4. The van der Waals surface area contributed by atoms with Crippen molar-refractivity contribution in [2.24, 2.45) is 0 Å². The molecule has 0 saturated carbocycles. The molecule has 0 aromatic rings. The summed E-state index contributed by atoms with van der Waals surface area (Å²) in [6.07, 6.45) is 3.17. The summed E-state index contributed by atoms with van der Waals surface area (Å²) in [7, 11) is 1.79. The van der Waals surface area contributed by atoms with Gasteiger partial charge in [-0.15, -0.1) is 0 Å². The molecule has 4 nitrogen and oxygen atoms in total. The monoisotopic (exact) mass is 223 g/mol. The number of nitriles is 1. The average Bonchev–Trinajstić information content (AvgIpc) is 2.77. The van der Waals surface area contributed by atoms with Gasteiger partial charge in [-0.1, -0.05) is 6.92 Å². The number of rotatable bonds is 4. The van der Waals surface area contributed by atoms with Crippen LogP contribution in [0.15, 0.2) is 0 Å². The van der Waals surface area contributed by atoms with Gasteiger partial charge < -0.3 is 10.2 Å². The van der Waals surface area contributed by atoms with Crippen LogP contribution in [-0.2, 0) is 4.79 Å². The first-order valence-electron chi connectivity index (χ1n) is 5.96. The fraction of sp³-hybridized carbons (Fsp3) is 0.833. The van der Waals surface area contributed by atoms with Crippen LogP contribution in [0.5, 0.6) is 0 Å². The normalized spacial score (nSPS) is 26.1.